The molecule has 0 fully saturated rings. The fourth-order valence-corrected chi connectivity index (χ4v) is 2.87. The maximum atomic E-state index is 13.3. The Balaban J connectivity index is 1.83. The zero-order valence-electron chi connectivity index (χ0n) is 15.4. The molecule has 7 heteroatoms. The second kappa shape index (κ2) is 9.52. The number of thiocarbonyl (C=S) groups is 1. The topological polar surface area (TPSA) is 66.3 Å². The Kier molecular flexibility index (Phi) is 7.38. The van der Waals surface area contributed by atoms with Gasteiger partial charge in [0.1, 0.15) is 11.4 Å². The number of hydrazine groups is 1. The summed E-state index contributed by atoms with van der Waals surface area (Å²) in [5.41, 5.74) is 6.24. The number of fused-ring (bicyclic) bond motifs is 1. The molecule has 0 saturated carbocycles. The third kappa shape index (κ3) is 5.42. The molecule has 0 aliphatic carbocycles. The fourth-order valence-electron chi connectivity index (χ4n) is 2.74. The minimum absolute atomic E-state index is 0.133. The molecule has 1 amide bonds. The van der Waals surface area contributed by atoms with Crippen molar-refractivity contribution in [3.8, 4) is 0 Å². The van der Waals surface area contributed by atoms with Crippen LogP contribution in [0.2, 0.25) is 0 Å². The Morgan fingerprint density at radius 2 is 2.08 bits per heavy atom. The van der Waals surface area contributed by atoms with Crippen molar-refractivity contribution in [2.24, 2.45) is 5.92 Å². The summed E-state index contributed by atoms with van der Waals surface area (Å²) in [6.45, 7) is 6.81. The highest BCUT2D eigenvalue weighted by Crippen LogP contribution is 2.25. The van der Waals surface area contributed by atoms with Crippen molar-refractivity contribution in [2.75, 3.05) is 6.54 Å². The molecule has 1 atom stereocenters. The van der Waals surface area contributed by atoms with Crippen LogP contribution in [0.4, 0.5) is 4.39 Å². The Labute approximate surface area is 158 Å². The van der Waals surface area contributed by atoms with E-state index in [9.17, 15) is 9.18 Å². The van der Waals surface area contributed by atoms with Gasteiger partial charge in [0, 0.05) is 17.5 Å². The summed E-state index contributed by atoms with van der Waals surface area (Å²) in [6, 6.07) is 4.16. The number of hydrogen-bond acceptors (Lipinski definition) is 3. The number of halogens is 1. The van der Waals surface area contributed by atoms with Crippen LogP contribution in [0.5, 0.6) is 0 Å². The first kappa shape index (κ1) is 20.2. The van der Waals surface area contributed by atoms with Crippen molar-refractivity contribution in [2.45, 2.75) is 46.5 Å². The maximum Gasteiger partial charge on any atom is 0.305 e. The van der Waals surface area contributed by atoms with Crippen molar-refractivity contribution in [3.05, 3.63) is 35.3 Å². The number of unbranched alkanes of at least 4 members (excludes halogenated alkanes) is 2. The van der Waals surface area contributed by atoms with Crippen molar-refractivity contribution in [1.29, 1.82) is 0 Å². The summed E-state index contributed by atoms with van der Waals surface area (Å²) in [5, 5.41) is 4.02. The number of aryl methyl sites for hydroxylation is 1. The van der Waals surface area contributed by atoms with Crippen LogP contribution in [-0.4, -0.2) is 17.6 Å². The van der Waals surface area contributed by atoms with E-state index in [1.54, 1.807) is 6.92 Å². The minimum atomic E-state index is -0.459. The monoisotopic (exact) mass is 379 g/mol. The molecule has 2 aromatic rings. The summed E-state index contributed by atoms with van der Waals surface area (Å²) >= 11 is 5.17. The number of rotatable bonds is 7. The lowest BCUT2D eigenvalue weighted by Gasteiger charge is -2.15. The highest BCUT2D eigenvalue weighted by molar-refractivity contribution is 7.80. The molecule has 0 saturated heterocycles. The highest BCUT2D eigenvalue weighted by Gasteiger charge is 2.18. The first-order valence-corrected chi connectivity index (χ1v) is 9.36. The van der Waals surface area contributed by atoms with Crippen molar-refractivity contribution in [1.82, 2.24) is 16.2 Å². The molecule has 0 aliphatic heterocycles. The third-order valence-electron chi connectivity index (χ3n) is 4.31. The second-order valence-corrected chi connectivity index (χ2v) is 7.00. The zero-order valence-corrected chi connectivity index (χ0v) is 16.3. The van der Waals surface area contributed by atoms with E-state index in [0.29, 0.717) is 27.6 Å². The van der Waals surface area contributed by atoms with E-state index in [1.165, 1.54) is 37.5 Å². The van der Waals surface area contributed by atoms with Gasteiger partial charge in [-0.1, -0.05) is 33.1 Å². The van der Waals surface area contributed by atoms with E-state index in [1.807, 2.05) is 0 Å². The van der Waals surface area contributed by atoms with E-state index < -0.39 is 5.91 Å². The molecule has 1 heterocycles. The van der Waals surface area contributed by atoms with Gasteiger partial charge in [-0.2, -0.15) is 0 Å². The van der Waals surface area contributed by atoms with E-state index in [0.717, 1.165) is 13.0 Å². The third-order valence-corrected chi connectivity index (χ3v) is 4.55. The molecule has 0 bridgehead atoms. The van der Waals surface area contributed by atoms with Gasteiger partial charge in [0.15, 0.2) is 10.9 Å². The van der Waals surface area contributed by atoms with Crippen LogP contribution in [0.3, 0.4) is 0 Å². The molecule has 1 aromatic carbocycles. The molecule has 26 heavy (non-hydrogen) atoms. The Hall–Kier alpha value is -2.15. The molecule has 5 nitrogen and oxygen atoms in total. The van der Waals surface area contributed by atoms with Gasteiger partial charge in [-0.15, -0.1) is 0 Å². The van der Waals surface area contributed by atoms with E-state index in [2.05, 4.69) is 30.0 Å². The quantitative estimate of drug-likeness (QED) is 0.382. The molecule has 0 aliphatic rings. The average molecular weight is 380 g/mol. The smallest absolute Gasteiger partial charge is 0.305 e. The maximum absolute atomic E-state index is 13.3. The highest BCUT2D eigenvalue weighted by atomic mass is 32.1. The van der Waals surface area contributed by atoms with E-state index in [-0.39, 0.29) is 11.6 Å². The summed E-state index contributed by atoms with van der Waals surface area (Å²) in [6.07, 6.45) is 4.80. The number of carbonyl (C=O) groups excluding carboxylic acids is 1. The van der Waals surface area contributed by atoms with Crippen LogP contribution in [0.25, 0.3) is 11.0 Å². The van der Waals surface area contributed by atoms with Gasteiger partial charge in [-0.25, -0.2) is 4.39 Å². The molecule has 0 unspecified atom stereocenters. The van der Waals surface area contributed by atoms with Gasteiger partial charge in [-0.3, -0.25) is 15.6 Å². The lowest BCUT2D eigenvalue weighted by Crippen LogP contribution is -2.47. The van der Waals surface area contributed by atoms with Gasteiger partial charge in [0.2, 0.25) is 0 Å². The molecule has 1 aromatic heterocycles. The van der Waals surface area contributed by atoms with Gasteiger partial charge >= 0.3 is 5.91 Å². The van der Waals surface area contributed by atoms with Gasteiger partial charge in [-0.05, 0) is 49.7 Å². The van der Waals surface area contributed by atoms with Crippen LogP contribution >= 0.6 is 12.2 Å². The SMILES string of the molecule is CCCCC[C@@H](C)CNC(=S)NNC(=O)c1oc2ccc(F)cc2c1C. The van der Waals surface area contributed by atoms with Crippen molar-refractivity contribution >= 4 is 34.2 Å². The van der Waals surface area contributed by atoms with Crippen LogP contribution in [0.15, 0.2) is 22.6 Å². The Morgan fingerprint density at radius 1 is 1.31 bits per heavy atom. The number of furan rings is 1. The number of amides is 1. The van der Waals surface area contributed by atoms with Gasteiger partial charge < -0.3 is 9.73 Å². The summed E-state index contributed by atoms with van der Waals surface area (Å²) in [4.78, 5) is 12.3. The summed E-state index contributed by atoms with van der Waals surface area (Å²) < 4.78 is 18.9. The Morgan fingerprint density at radius 3 is 2.81 bits per heavy atom. The molecular weight excluding hydrogens is 353 g/mol. The first-order valence-electron chi connectivity index (χ1n) is 8.95. The number of carbonyl (C=O) groups is 1. The molecule has 142 valence electrons. The van der Waals surface area contributed by atoms with Crippen LogP contribution in [0, 0.1) is 18.7 Å². The fraction of sp³-hybridized carbons (Fsp3) is 0.474. The van der Waals surface area contributed by atoms with Crippen molar-refractivity contribution in [3.63, 3.8) is 0 Å². The molecule has 3 N–H and O–H groups in total. The zero-order chi connectivity index (χ0) is 19.1. The number of benzene rings is 1. The molecule has 2 rings (SSSR count). The predicted octanol–water partition coefficient (Wildman–Crippen LogP) is 4.21. The van der Waals surface area contributed by atoms with Crippen LogP contribution in [-0.2, 0) is 0 Å². The van der Waals surface area contributed by atoms with Gasteiger partial charge in [0.25, 0.3) is 0 Å². The molecule has 0 spiro atoms. The lowest BCUT2D eigenvalue weighted by atomic mass is 10.0. The summed E-state index contributed by atoms with van der Waals surface area (Å²) in [7, 11) is 0. The van der Waals surface area contributed by atoms with Crippen molar-refractivity contribution < 1.29 is 13.6 Å². The lowest BCUT2D eigenvalue weighted by molar-refractivity contribution is 0.0917. The number of hydrogen-bond donors (Lipinski definition) is 3. The second-order valence-electron chi connectivity index (χ2n) is 6.59. The largest absolute Gasteiger partial charge is 0.451 e. The minimum Gasteiger partial charge on any atom is -0.451 e. The van der Waals surface area contributed by atoms with Crippen LogP contribution < -0.4 is 16.2 Å². The summed E-state index contributed by atoms with van der Waals surface area (Å²) in [5.74, 6) is -0.192. The van der Waals surface area contributed by atoms with E-state index in [4.69, 9.17) is 16.6 Å². The standard InChI is InChI=1S/C19H26FN3O2S/c1-4-5-6-7-12(2)11-21-19(26)23-22-18(24)17-13(3)15-10-14(20)8-9-16(15)25-17/h8-10,12H,4-7,11H2,1-3H3,(H,22,24)(H2,21,23,26)/t12-/m1/s1. The van der Waals surface area contributed by atoms with Gasteiger partial charge in [0.05, 0.1) is 0 Å². The normalized spacial score (nSPS) is 12.0. The molecule has 0 radical (unpaired) electrons. The Bertz CT molecular complexity index is 775. The predicted molar refractivity (Wildman–Crippen MR) is 105 cm³/mol. The average Bonchev–Trinajstić information content (AvgIpc) is 2.94. The number of nitrogens with one attached hydrogen (secondary N) is 3. The van der Waals surface area contributed by atoms with Crippen LogP contribution in [0.1, 0.15) is 55.6 Å². The first-order chi connectivity index (χ1) is 12.4. The van der Waals surface area contributed by atoms with E-state index >= 15 is 0 Å². The molecular formula is C19H26FN3O2S.